The number of carbonyl (C=O) groups excluding carboxylic acids is 2. The number of benzene rings is 2. The molecule has 1 saturated heterocycles. The molecule has 1 saturated carbocycles. The van der Waals surface area contributed by atoms with E-state index in [-0.39, 0.29) is 23.7 Å². The molecule has 2 unspecified atom stereocenters. The molecule has 0 bridgehead atoms. The van der Waals surface area contributed by atoms with Crippen molar-refractivity contribution >= 4 is 11.9 Å². The third-order valence-corrected chi connectivity index (χ3v) is 8.75. The van der Waals surface area contributed by atoms with Gasteiger partial charge in [-0.25, -0.2) is 0 Å². The van der Waals surface area contributed by atoms with Gasteiger partial charge in [-0.3, -0.25) is 9.59 Å². The van der Waals surface area contributed by atoms with Crippen molar-refractivity contribution in [2.45, 2.75) is 70.9 Å². The maximum atomic E-state index is 13.3. The molecule has 2 fully saturated rings. The van der Waals surface area contributed by atoms with Gasteiger partial charge in [0.25, 0.3) is 0 Å². The minimum Gasteiger partial charge on any atom is -0.469 e. The molecule has 5 rings (SSSR count). The van der Waals surface area contributed by atoms with Crippen LogP contribution in [0, 0.1) is 11.8 Å². The van der Waals surface area contributed by atoms with E-state index in [1.54, 1.807) is 0 Å². The Morgan fingerprint density at radius 3 is 2.44 bits per heavy atom. The summed E-state index contributed by atoms with van der Waals surface area (Å²) in [7, 11) is 1.44. The van der Waals surface area contributed by atoms with E-state index in [0.29, 0.717) is 13.0 Å². The summed E-state index contributed by atoms with van der Waals surface area (Å²) < 4.78 is 4.93. The Bertz CT molecular complexity index is 1080. The Hall–Kier alpha value is -2.66. The van der Waals surface area contributed by atoms with E-state index in [4.69, 9.17) is 4.74 Å². The third kappa shape index (κ3) is 5.51. The lowest BCUT2D eigenvalue weighted by Gasteiger charge is -2.34. The minimum absolute atomic E-state index is 0.0594. The van der Waals surface area contributed by atoms with Crippen LogP contribution in [0.2, 0.25) is 0 Å². The van der Waals surface area contributed by atoms with E-state index < -0.39 is 0 Å². The molecule has 2 aliphatic heterocycles. The second-order valence-electron chi connectivity index (χ2n) is 11.1. The SMILES string of the molecule is COC(=O)C1CCCC(C(=O)N2CCc3cc(-c4ccc(CCN5CCC[C@H]5C)cc4)ccc3C2)C1. The zero-order valence-corrected chi connectivity index (χ0v) is 21.9. The van der Waals surface area contributed by atoms with Gasteiger partial charge in [-0.1, -0.05) is 48.9 Å². The molecule has 2 aromatic carbocycles. The fourth-order valence-corrected chi connectivity index (χ4v) is 6.44. The van der Waals surface area contributed by atoms with Crippen molar-refractivity contribution in [1.82, 2.24) is 9.80 Å². The molecule has 2 aromatic rings. The number of fused-ring (bicyclic) bond motifs is 1. The van der Waals surface area contributed by atoms with E-state index in [0.717, 1.165) is 51.2 Å². The zero-order valence-electron chi connectivity index (χ0n) is 21.9. The van der Waals surface area contributed by atoms with Gasteiger partial charge in [0, 0.05) is 31.6 Å². The molecule has 5 nitrogen and oxygen atoms in total. The van der Waals surface area contributed by atoms with Gasteiger partial charge >= 0.3 is 5.97 Å². The van der Waals surface area contributed by atoms with Crippen LogP contribution in [-0.2, 0) is 33.7 Å². The lowest BCUT2D eigenvalue weighted by molar-refractivity contribution is -0.148. The molecule has 36 heavy (non-hydrogen) atoms. The molecule has 0 N–H and O–H groups in total. The van der Waals surface area contributed by atoms with E-state index >= 15 is 0 Å². The summed E-state index contributed by atoms with van der Waals surface area (Å²) in [5, 5.41) is 0. The minimum atomic E-state index is -0.168. The summed E-state index contributed by atoms with van der Waals surface area (Å²) in [5.41, 5.74) is 6.50. The molecular formula is C31H40N2O3. The second-order valence-corrected chi connectivity index (χ2v) is 11.1. The van der Waals surface area contributed by atoms with Crippen LogP contribution in [0.25, 0.3) is 11.1 Å². The average Bonchev–Trinajstić information content (AvgIpc) is 3.35. The molecule has 3 aliphatic rings. The highest BCUT2D eigenvalue weighted by molar-refractivity contribution is 5.81. The smallest absolute Gasteiger partial charge is 0.308 e. The number of likely N-dealkylation sites (tertiary alicyclic amines) is 1. The van der Waals surface area contributed by atoms with Gasteiger partial charge in [0.2, 0.25) is 5.91 Å². The topological polar surface area (TPSA) is 49.9 Å². The van der Waals surface area contributed by atoms with Gasteiger partial charge in [-0.2, -0.15) is 0 Å². The first-order chi connectivity index (χ1) is 17.5. The van der Waals surface area contributed by atoms with E-state index in [2.05, 4.69) is 54.3 Å². The van der Waals surface area contributed by atoms with Gasteiger partial charge in [0.15, 0.2) is 0 Å². The molecular weight excluding hydrogens is 448 g/mol. The van der Waals surface area contributed by atoms with Crippen molar-refractivity contribution in [3.05, 3.63) is 59.2 Å². The van der Waals surface area contributed by atoms with Crippen molar-refractivity contribution in [2.24, 2.45) is 11.8 Å². The Kier molecular flexibility index (Phi) is 7.76. The second kappa shape index (κ2) is 11.2. The summed E-state index contributed by atoms with van der Waals surface area (Å²) in [4.78, 5) is 29.9. The molecule has 1 amide bonds. The van der Waals surface area contributed by atoms with Crippen LogP contribution in [0.15, 0.2) is 42.5 Å². The monoisotopic (exact) mass is 488 g/mol. The number of esters is 1. The van der Waals surface area contributed by atoms with Gasteiger partial charge in [0.1, 0.15) is 0 Å². The lowest BCUT2D eigenvalue weighted by atomic mass is 9.80. The van der Waals surface area contributed by atoms with Gasteiger partial charge in [0.05, 0.1) is 13.0 Å². The van der Waals surface area contributed by atoms with Crippen molar-refractivity contribution in [2.75, 3.05) is 26.7 Å². The first-order valence-electron chi connectivity index (χ1n) is 13.8. The van der Waals surface area contributed by atoms with Crippen LogP contribution in [0.3, 0.4) is 0 Å². The molecule has 0 radical (unpaired) electrons. The normalized spacial score (nSPS) is 24.4. The van der Waals surface area contributed by atoms with Crippen molar-refractivity contribution < 1.29 is 14.3 Å². The van der Waals surface area contributed by atoms with Crippen LogP contribution in [0.4, 0.5) is 0 Å². The van der Waals surface area contributed by atoms with Crippen LogP contribution in [-0.4, -0.2) is 54.5 Å². The molecule has 192 valence electrons. The Labute approximate surface area is 215 Å². The van der Waals surface area contributed by atoms with Crippen LogP contribution in [0.5, 0.6) is 0 Å². The summed E-state index contributed by atoms with van der Waals surface area (Å²) in [6.07, 6.45) is 7.91. The van der Waals surface area contributed by atoms with Crippen molar-refractivity contribution in [3.63, 3.8) is 0 Å². The van der Waals surface area contributed by atoms with E-state index in [9.17, 15) is 9.59 Å². The van der Waals surface area contributed by atoms with Crippen molar-refractivity contribution in [1.29, 1.82) is 0 Å². The maximum Gasteiger partial charge on any atom is 0.308 e. The number of rotatable bonds is 6. The number of ether oxygens (including phenoxy) is 1. The van der Waals surface area contributed by atoms with Gasteiger partial charge < -0.3 is 14.5 Å². The first-order valence-corrected chi connectivity index (χ1v) is 13.8. The highest BCUT2D eigenvalue weighted by Gasteiger charge is 2.34. The predicted octanol–water partition coefficient (Wildman–Crippen LogP) is 5.24. The standard InChI is InChI=1S/C31H40N2O3/c1-22-5-4-16-32(22)17-14-23-8-10-24(11-9-23)25-12-13-29-21-33(18-15-26(29)19-25)30(34)27-6-3-7-28(20-27)31(35)36-2/h8-13,19,22,27-28H,3-7,14-18,20-21H2,1-2H3/t22-,27?,28?/m1/s1. The van der Waals surface area contributed by atoms with Crippen LogP contribution in [0.1, 0.15) is 62.1 Å². The van der Waals surface area contributed by atoms with E-state index in [1.807, 2.05) is 4.90 Å². The highest BCUT2D eigenvalue weighted by atomic mass is 16.5. The van der Waals surface area contributed by atoms with Crippen molar-refractivity contribution in [3.8, 4) is 11.1 Å². The predicted molar refractivity (Wildman–Crippen MR) is 142 cm³/mol. The Balaban J connectivity index is 1.19. The Morgan fingerprint density at radius 1 is 0.917 bits per heavy atom. The summed E-state index contributed by atoms with van der Waals surface area (Å²) in [5.74, 6) is -0.154. The van der Waals surface area contributed by atoms with Crippen LogP contribution >= 0.6 is 0 Å². The summed E-state index contributed by atoms with van der Waals surface area (Å²) in [6.45, 7) is 6.16. The molecule has 0 spiro atoms. The number of hydrogen-bond donors (Lipinski definition) is 0. The zero-order chi connectivity index (χ0) is 25.1. The quantitative estimate of drug-likeness (QED) is 0.522. The maximum absolute atomic E-state index is 13.3. The largest absolute Gasteiger partial charge is 0.469 e. The molecule has 3 atom stereocenters. The van der Waals surface area contributed by atoms with Gasteiger partial charge in [-0.05, 0) is 86.2 Å². The van der Waals surface area contributed by atoms with E-state index in [1.165, 1.54) is 54.3 Å². The molecule has 1 aliphatic carbocycles. The molecule has 2 heterocycles. The number of carbonyl (C=O) groups is 2. The van der Waals surface area contributed by atoms with Crippen LogP contribution < -0.4 is 0 Å². The average molecular weight is 489 g/mol. The molecule has 5 heteroatoms. The third-order valence-electron chi connectivity index (χ3n) is 8.75. The summed E-state index contributed by atoms with van der Waals surface area (Å²) >= 11 is 0. The fraction of sp³-hybridized carbons (Fsp3) is 0.548. The number of methoxy groups -OCH3 is 1. The first kappa shape index (κ1) is 25.0. The number of amides is 1. The number of nitrogens with zero attached hydrogens (tertiary/aromatic N) is 2. The fourth-order valence-electron chi connectivity index (χ4n) is 6.44. The highest BCUT2D eigenvalue weighted by Crippen LogP contribution is 2.33. The number of hydrogen-bond acceptors (Lipinski definition) is 4. The molecule has 0 aromatic heterocycles. The Morgan fingerprint density at radius 2 is 1.69 bits per heavy atom. The lowest BCUT2D eigenvalue weighted by Crippen LogP contribution is -2.41. The van der Waals surface area contributed by atoms with Gasteiger partial charge in [-0.15, -0.1) is 0 Å². The summed E-state index contributed by atoms with van der Waals surface area (Å²) in [6, 6.07) is 16.5.